The number of hydrogen-bond donors (Lipinski definition) is 0. The van der Waals surface area contributed by atoms with E-state index >= 15 is 0 Å². The quantitative estimate of drug-likeness (QED) is 0.453. The minimum absolute atomic E-state index is 0.384. The Morgan fingerprint density at radius 1 is 1.20 bits per heavy atom. The van der Waals surface area contributed by atoms with E-state index < -0.39 is 17.7 Å². The van der Waals surface area contributed by atoms with Gasteiger partial charge in [0.2, 0.25) is 6.29 Å². The van der Waals surface area contributed by atoms with Crippen LogP contribution in [0.2, 0.25) is 0 Å². The molecule has 80 valence electrons. The SMILES string of the molecule is CC(OC(=O)Cl)OC(=O)c1ccccc1. The van der Waals surface area contributed by atoms with Gasteiger partial charge >= 0.3 is 11.4 Å². The largest absolute Gasteiger partial charge is 0.422 e. The summed E-state index contributed by atoms with van der Waals surface area (Å²) in [5.74, 6) is -0.569. The molecule has 1 atom stereocenters. The van der Waals surface area contributed by atoms with Crippen LogP contribution in [0.1, 0.15) is 17.3 Å². The summed E-state index contributed by atoms with van der Waals surface area (Å²) in [5.41, 5.74) is -0.627. The molecule has 0 amide bonds. The molecule has 0 aliphatic carbocycles. The first-order chi connectivity index (χ1) is 7.09. The van der Waals surface area contributed by atoms with Crippen molar-refractivity contribution < 1.29 is 19.1 Å². The minimum atomic E-state index is -1.01. The lowest BCUT2D eigenvalue weighted by Gasteiger charge is -2.11. The molecule has 5 heteroatoms. The van der Waals surface area contributed by atoms with Crippen LogP contribution >= 0.6 is 11.6 Å². The summed E-state index contributed by atoms with van der Waals surface area (Å²) >= 11 is 4.95. The highest BCUT2D eigenvalue weighted by molar-refractivity contribution is 6.61. The van der Waals surface area contributed by atoms with Crippen molar-refractivity contribution in [1.82, 2.24) is 0 Å². The van der Waals surface area contributed by atoms with Gasteiger partial charge in [-0.1, -0.05) is 18.2 Å². The summed E-state index contributed by atoms with van der Waals surface area (Å²) in [7, 11) is 0. The number of carbonyl (C=O) groups excluding carboxylic acids is 2. The van der Waals surface area contributed by atoms with Crippen LogP contribution in [0.4, 0.5) is 4.79 Å². The number of benzene rings is 1. The first-order valence-corrected chi connectivity index (χ1v) is 4.59. The van der Waals surface area contributed by atoms with Crippen LogP contribution in [0.25, 0.3) is 0 Å². The van der Waals surface area contributed by atoms with Crippen molar-refractivity contribution >= 4 is 23.0 Å². The van der Waals surface area contributed by atoms with Gasteiger partial charge < -0.3 is 9.47 Å². The van der Waals surface area contributed by atoms with Crippen molar-refractivity contribution in [1.29, 1.82) is 0 Å². The highest BCUT2D eigenvalue weighted by Gasteiger charge is 2.13. The fourth-order valence-corrected chi connectivity index (χ4v) is 1.07. The molecule has 0 bridgehead atoms. The maximum absolute atomic E-state index is 11.4. The highest BCUT2D eigenvalue weighted by atomic mass is 35.5. The molecule has 0 aromatic heterocycles. The van der Waals surface area contributed by atoms with E-state index in [1.54, 1.807) is 30.3 Å². The van der Waals surface area contributed by atoms with Gasteiger partial charge in [-0.15, -0.1) is 0 Å². The van der Waals surface area contributed by atoms with E-state index in [0.717, 1.165) is 0 Å². The number of esters is 1. The number of carbonyl (C=O) groups is 2. The molecule has 4 nitrogen and oxygen atoms in total. The molecule has 15 heavy (non-hydrogen) atoms. The molecule has 0 radical (unpaired) electrons. The van der Waals surface area contributed by atoms with E-state index in [2.05, 4.69) is 4.74 Å². The lowest BCUT2D eigenvalue weighted by molar-refractivity contribution is -0.0531. The first-order valence-electron chi connectivity index (χ1n) is 4.21. The Labute approximate surface area is 91.7 Å². The molecule has 0 fully saturated rings. The van der Waals surface area contributed by atoms with Crippen LogP contribution in [-0.2, 0) is 9.47 Å². The molecule has 0 heterocycles. The van der Waals surface area contributed by atoms with E-state index in [1.807, 2.05) is 0 Å². The molecule has 0 spiro atoms. The normalized spacial score (nSPS) is 11.6. The van der Waals surface area contributed by atoms with Gasteiger partial charge in [0.25, 0.3) is 0 Å². The molecule has 1 rings (SSSR count). The van der Waals surface area contributed by atoms with Gasteiger partial charge in [0, 0.05) is 18.5 Å². The van der Waals surface area contributed by atoms with E-state index in [-0.39, 0.29) is 0 Å². The average molecular weight is 229 g/mol. The zero-order valence-corrected chi connectivity index (χ0v) is 8.73. The molecule has 0 N–H and O–H groups in total. The fourth-order valence-electron chi connectivity index (χ4n) is 0.948. The lowest BCUT2D eigenvalue weighted by Crippen LogP contribution is -2.19. The first kappa shape index (κ1) is 11.5. The summed E-state index contributed by atoms with van der Waals surface area (Å²) < 4.78 is 9.21. The van der Waals surface area contributed by atoms with Crippen molar-refractivity contribution in [3.63, 3.8) is 0 Å². The highest BCUT2D eigenvalue weighted by Crippen LogP contribution is 2.05. The summed E-state index contributed by atoms with van der Waals surface area (Å²) in [6, 6.07) is 8.37. The second-order valence-electron chi connectivity index (χ2n) is 2.69. The van der Waals surface area contributed by atoms with Crippen LogP contribution in [-0.4, -0.2) is 17.7 Å². The van der Waals surface area contributed by atoms with Crippen LogP contribution in [0.3, 0.4) is 0 Å². The van der Waals surface area contributed by atoms with E-state index in [4.69, 9.17) is 16.3 Å². The molecule has 0 saturated heterocycles. The van der Waals surface area contributed by atoms with Crippen molar-refractivity contribution in [2.75, 3.05) is 0 Å². The summed E-state index contributed by atoms with van der Waals surface area (Å²) in [4.78, 5) is 21.7. The van der Waals surface area contributed by atoms with Gasteiger partial charge in [-0.05, 0) is 12.1 Å². The molecule has 1 aromatic rings. The number of rotatable bonds is 3. The van der Waals surface area contributed by atoms with E-state index in [9.17, 15) is 9.59 Å². The van der Waals surface area contributed by atoms with Crippen LogP contribution < -0.4 is 0 Å². The Balaban J connectivity index is 2.53. The van der Waals surface area contributed by atoms with Gasteiger partial charge in [0.05, 0.1) is 5.56 Å². The van der Waals surface area contributed by atoms with E-state index in [1.165, 1.54) is 6.92 Å². The zero-order chi connectivity index (χ0) is 11.3. The monoisotopic (exact) mass is 228 g/mol. The van der Waals surface area contributed by atoms with Crippen LogP contribution in [0.5, 0.6) is 0 Å². The second-order valence-corrected chi connectivity index (χ2v) is 3.00. The molecule has 1 aromatic carbocycles. The van der Waals surface area contributed by atoms with Crippen molar-refractivity contribution in [2.24, 2.45) is 0 Å². The zero-order valence-electron chi connectivity index (χ0n) is 7.98. The van der Waals surface area contributed by atoms with E-state index in [0.29, 0.717) is 5.56 Å². The van der Waals surface area contributed by atoms with Gasteiger partial charge in [0.15, 0.2) is 0 Å². The summed E-state index contributed by atoms with van der Waals surface area (Å²) in [5, 5.41) is 0. The van der Waals surface area contributed by atoms with Gasteiger partial charge in [0.1, 0.15) is 0 Å². The molecule has 0 saturated carbocycles. The Morgan fingerprint density at radius 2 is 1.80 bits per heavy atom. The smallest absolute Gasteiger partial charge is 0.406 e. The third-order valence-electron chi connectivity index (χ3n) is 1.54. The van der Waals surface area contributed by atoms with Crippen LogP contribution in [0.15, 0.2) is 30.3 Å². The number of hydrogen-bond acceptors (Lipinski definition) is 4. The predicted octanol–water partition coefficient (Wildman–Crippen LogP) is 2.56. The van der Waals surface area contributed by atoms with Gasteiger partial charge in [-0.3, -0.25) is 0 Å². The van der Waals surface area contributed by atoms with Crippen molar-refractivity contribution in [3.8, 4) is 0 Å². The molecule has 0 aliphatic rings. The van der Waals surface area contributed by atoms with Crippen LogP contribution in [0, 0.1) is 0 Å². The second kappa shape index (κ2) is 5.36. The molecular weight excluding hydrogens is 220 g/mol. The maximum Gasteiger partial charge on any atom is 0.406 e. The van der Waals surface area contributed by atoms with Gasteiger partial charge in [-0.2, -0.15) is 0 Å². The Morgan fingerprint density at radius 3 is 2.33 bits per heavy atom. The summed E-state index contributed by atoms with van der Waals surface area (Å²) in [6.45, 7) is 1.40. The third-order valence-corrected chi connectivity index (χ3v) is 1.63. The Kier molecular flexibility index (Phi) is 4.12. The molecule has 0 aliphatic heterocycles. The van der Waals surface area contributed by atoms with Gasteiger partial charge in [-0.25, -0.2) is 9.59 Å². The third kappa shape index (κ3) is 3.99. The van der Waals surface area contributed by atoms with Crippen molar-refractivity contribution in [3.05, 3.63) is 35.9 Å². The molecule has 1 unspecified atom stereocenters. The standard InChI is InChI=1S/C10H9ClO4/c1-7(15-10(11)13)14-9(12)8-5-3-2-4-6-8/h2-7H,1H3. The fraction of sp³-hybridized carbons (Fsp3) is 0.200. The number of halogens is 1. The molecular formula is C10H9ClO4. The predicted molar refractivity (Wildman–Crippen MR) is 53.7 cm³/mol. The van der Waals surface area contributed by atoms with Crippen molar-refractivity contribution in [2.45, 2.75) is 13.2 Å². The Bertz CT molecular complexity index is 350. The summed E-state index contributed by atoms with van der Waals surface area (Å²) in [6.07, 6.45) is -0.997. The lowest BCUT2D eigenvalue weighted by atomic mass is 10.2. The maximum atomic E-state index is 11.4. The Hall–Kier alpha value is -1.55. The topological polar surface area (TPSA) is 52.6 Å². The average Bonchev–Trinajstić information content (AvgIpc) is 2.17. The number of ether oxygens (including phenoxy) is 2. The minimum Gasteiger partial charge on any atom is -0.422 e.